The number of fused-ring (bicyclic) bond motifs is 1. The molecule has 1 aliphatic rings. The van der Waals surface area contributed by atoms with Crippen LogP contribution < -0.4 is 20.9 Å². The zero-order valence-electron chi connectivity index (χ0n) is 15.3. The van der Waals surface area contributed by atoms with E-state index in [1.54, 1.807) is 20.1 Å². The quantitative estimate of drug-likeness (QED) is 0.707. The van der Waals surface area contributed by atoms with E-state index in [0.717, 1.165) is 5.56 Å². The minimum absolute atomic E-state index is 0.202. The van der Waals surface area contributed by atoms with Crippen molar-refractivity contribution < 1.29 is 4.74 Å². The molecule has 4 rings (SSSR count). The fourth-order valence-electron chi connectivity index (χ4n) is 3.09. The molecular weight excluding hydrogens is 378 g/mol. The van der Waals surface area contributed by atoms with Gasteiger partial charge in [0, 0.05) is 17.3 Å². The Balaban J connectivity index is 1.85. The molecule has 1 atom stereocenters. The Hall–Kier alpha value is -3.32. The first kappa shape index (κ1) is 18.1. The van der Waals surface area contributed by atoms with E-state index >= 15 is 0 Å². The van der Waals surface area contributed by atoms with Crippen LogP contribution in [0.1, 0.15) is 17.4 Å². The number of ether oxygens (including phenoxy) is 1. The van der Waals surface area contributed by atoms with Crippen LogP contribution in [0.2, 0.25) is 5.02 Å². The highest BCUT2D eigenvalue weighted by molar-refractivity contribution is 6.33. The van der Waals surface area contributed by atoms with Gasteiger partial charge in [0.25, 0.3) is 5.56 Å². The number of nitrogens with zero attached hydrogens (tertiary/aromatic N) is 3. The second-order valence-corrected chi connectivity index (χ2v) is 6.66. The summed E-state index contributed by atoms with van der Waals surface area (Å²) in [4.78, 5) is 21.9. The Labute approximate surface area is 166 Å². The molecule has 8 heteroatoms. The summed E-state index contributed by atoms with van der Waals surface area (Å²) in [6.07, 6.45) is -0.641. The largest absolute Gasteiger partial charge is 0.496 e. The van der Waals surface area contributed by atoms with Crippen molar-refractivity contribution in [1.82, 2.24) is 9.55 Å². The minimum Gasteiger partial charge on any atom is -0.496 e. The topological polar surface area (TPSA) is 80.5 Å². The van der Waals surface area contributed by atoms with Crippen molar-refractivity contribution in [2.45, 2.75) is 13.1 Å². The van der Waals surface area contributed by atoms with E-state index < -0.39 is 6.17 Å². The third-order valence-corrected chi connectivity index (χ3v) is 4.68. The molecule has 2 aromatic carbocycles. The summed E-state index contributed by atoms with van der Waals surface area (Å²) >= 11 is 6.26. The highest BCUT2D eigenvalue weighted by Gasteiger charge is 2.27. The molecule has 0 radical (unpaired) electrons. The third kappa shape index (κ3) is 3.32. The normalized spacial score (nSPS) is 15.2. The van der Waals surface area contributed by atoms with Gasteiger partial charge in [-0.15, -0.1) is 0 Å². The number of hydrogen-bond acceptors (Lipinski definition) is 6. The third-order valence-electron chi connectivity index (χ3n) is 4.35. The first-order valence-electron chi connectivity index (χ1n) is 8.66. The standard InChI is InChI=1S/C20H18ClN5O2/c1-12-11-17(27)26-18(13-7-3-6-10-16(13)28-2)24-19(25-20(26)22-12)23-15-9-5-4-8-14(15)21/h3-11,18H,1-2H3,(H2,22,23,24,25)/t18-/m1/s1. The van der Waals surface area contributed by atoms with Gasteiger partial charge in [0.15, 0.2) is 6.17 Å². The number of benzene rings is 2. The average Bonchev–Trinajstić information content (AvgIpc) is 2.68. The van der Waals surface area contributed by atoms with Crippen molar-refractivity contribution >= 4 is 29.2 Å². The number of aryl methyl sites for hydroxylation is 1. The van der Waals surface area contributed by atoms with Gasteiger partial charge < -0.3 is 10.1 Å². The Bertz CT molecular complexity index is 1130. The van der Waals surface area contributed by atoms with Crippen LogP contribution in [0.5, 0.6) is 5.75 Å². The van der Waals surface area contributed by atoms with E-state index in [2.05, 4.69) is 15.6 Å². The van der Waals surface area contributed by atoms with Crippen LogP contribution in [0.15, 0.2) is 64.4 Å². The van der Waals surface area contributed by atoms with E-state index in [4.69, 9.17) is 21.3 Å². The van der Waals surface area contributed by atoms with Crippen LogP contribution in [0.4, 0.5) is 11.6 Å². The fourth-order valence-corrected chi connectivity index (χ4v) is 3.27. The molecule has 0 bridgehead atoms. The van der Waals surface area contributed by atoms with Crippen molar-refractivity contribution in [3.8, 4) is 5.75 Å². The number of para-hydroxylation sites is 2. The summed E-state index contributed by atoms with van der Waals surface area (Å²) in [6.45, 7) is 1.77. The predicted molar refractivity (Wildman–Crippen MR) is 110 cm³/mol. The van der Waals surface area contributed by atoms with Crippen molar-refractivity contribution in [2.75, 3.05) is 17.7 Å². The van der Waals surface area contributed by atoms with Crippen LogP contribution in [0.25, 0.3) is 0 Å². The van der Waals surface area contributed by atoms with Crippen molar-refractivity contribution in [3.05, 3.63) is 81.2 Å². The first-order valence-corrected chi connectivity index (χ1v) is 9.04. The van der Waals surface area contributed by atoms with Crippen molar-refractivity contribution in [2.24, 2.45) is 4.99 Å². The molecule has 2 heterocycles. The van der Waals surface area contributed by atoms with Gasteiger partial charge in [0.05, 0.1) is 17.8 Å². The number of methoxy groups -OCH3 is 1. The summed E-state index contributed by atoms with van der Waals surface area (Å²) in [7, 11) is 1.59. The number of rotatable bonds is 3. The number of guanidine groups is 1. The molecular formula is C20H18ClN5O2. The average molecular weight is 396 g/mol. The lowest BCUT2D eigenvalue weighted by Gasteiger charge is -2.28. The van der Waals surface area contributed by atoms with Crippen molar-refractivity contribution in [3.63, 3.8) is 0 Å². The molecule has 1 aromatic heterocycles. The Morgan fingerprint density at radius 1 is 1.18 bits per heavy atom. The van der Waals surface area contributed by atoms with Gasteiger partial charge >= 0.3 is 0 Å². The molecule has 0 amide bonds. The molecule has 0 saturated heterocycles. The van der Waals surface area contributed by atoms with E-state index in [1.165, 1.54) is 10.6 Å². The molecule has 28 heavy (non-hydrogen) atoms. The number of anilines is 2. The maximum Gasteiger partial charge on any atom is 0.257 e. The Morgan fingerprint density at radius 2 is 1.93 bits per heavy atom. The lowest BCUT2D eigenvalue weighted by molar-refractivity contribution is 0.401. The monoisotopic (exact) mass is 395 g/mol. The van der Waals surface area contributed by atoms with E-state index in [9.17, 15) is 4.79 Å². The zero-order valence-corrected chi connectivity index (χ0v) is 16.1. The van der Waals surface area contributed by atoms with E-state index in [0.29, 0.717) is 34.1 Å². The predicted octanol–water partition coefficient (Wildman–Crippen LogP) is 3.65. The summed E-state index contributed by atoms with van der Waals surface area (Å²) in [5.41, 5.74) is 1.85. The SMILES string of the molecule is COc1ccccc1[C@@H]1N=C(Nc2ccccc2Cl)Nc2nc(C)cc(=O)n21. The van der Waals surface area contributed by atoms with Gasteiger partial charge in [-0.25, -0.2) is 9.98 Å². The molecule has 0 saturated carbocycles. The second kappa shape index (κ2) is 7.36. The molecule has 0 unspecified atom stereocenters. The maximum absolute atomic E-state index is 12.7. The fraction of sp³-hybridized carbons (Fsp3) is 0.150. The highest BCUT2D eigenvalue weighted by atomic mass is 35.5. The number of aliphatic imine (C=N–C) groups is 1. The Morgan fingerprint density at radius 3 is 2.71 bits per heavy atom. The molecule has 0 spiro atoms. The van der Waals surface area contributed by atoms with Gasteiger partial charge in [-0.3, -0.25) is 14.7 Å². The molecule has 3 aromatic rings. The van der Waals surface area contributed by atoms with Gasteiger partial charge in [0.2, 0.25) is 11.9 Å². The smallest absolute Gasteiger partial charge is 0.257 e. The zero-order chi connectivity index (χ0) is 19.7. The van der Waals surface area contributed by atoms with Crippen LogP contribution in [0, 0.1) is 6.92 Å². The van der Waals surface area contributed by atoms with Gasteiger partial charge in [0.1, 0.15) is 5.75 Å². The lowest BCUT2D eigenvalue weighted by Crippen LogP contribution is -2.37. The molecule has 1 aliphatic heterocycles. The lowest BCUT2D eigenvalue weighted by atomic mass is 10.1. The summed E-state index contributed by atoms with van der Waals surface area (Å²) in [5.74, 6) is 1.46. The van der Waals surface area contributed by atoms with E-state index in [1.807, 2.05) is 42.5 Å². The molecule has 0 aliphatic carbocycles. The van der Waals surface area contributed by atoms with E-state index in [-0.39, 0.29) is 5.56 Å². The number of halogens is 1. The molecule has 0 fully saturated rings. The summed E-state index contributed by atoms with van der Waals surface area (Å²) < 4.78 is 6.99. The van der Waals surface area contributed by atoms with Gasteiger partial charge in [-0.2, -0.15) is 0 Å². The van der Waals surface area contributed by atoms with Gasteiger partial charge in [-0.1, -0.05) is 41.9 Å². The van der Waals surface area contributed by atoms with Crippen molar-refractivity contribution in [1.29, 1.82) is 0 Å². The first-order chi connectivity index (χ1) is 13.6. The Kier molecular flexibility index (Phi) is 4.75. The summed E-state index contributed by atoms with van der Waals surface area (Å²) in [5, 5.41) is 6.82. The summed E-state index contributed by atoms with van der Waals surface area (Å²) in [6, 6.07) is 16.3. The highest BCUT2D eigenvalue weighted by Crippen LogP contribution is 2.32. The van der Waals surface area contributed by atoms with Crippen LogP contribution in [-0.4, -0.2) is 22.6 Å². The molecule has 2 N–H and O–H groups in total. The van der Waals surface area contributed by atoms with Gasteiger partial charge in [-0.05, 0) is 25.1 Å². The number of hydrogen-bond donors (Lipinski definition) is 2. The molecule has 142 valence electrons. The maximum atomic E-state index is 12.7. The second-order valence-electron chi connectivity index (χ2n) is 6.25. The number of aromatic nitrogens is 2. The number of nitrogens with one attached hydrogen (secondary N) is 2. The van der Waals surface area contributed by atoms with Crippen LogP contribution >= 0.6 is 11.6 Å². The van der Waals surface area contributed by atoms with Crippen LogP contribution in [0.3, 0.4) is 0 Å². The minimum atomic E-state index is -0.641. The van der Waals surface area contributed by atoms with Crippen LogP contribution in [-0.2, 0) is 0 Å². The molecule has 7 nitrogen and oxygen atoms in total.